The van der Waals surface area contributed by atoms with E-state index >= 15 is 0 Å². The monoisotopic (exact) mass is 347 g/mol. The van der Waals surface area contributed by atoms with Crippen LogP contribution in [0.2, 0.25) is 0 Å². The molecule has 3 atom stereocenters. The molecule has 2 saturated heterocycles. The minimum atomic E-state index is -0.870. The number of alkyl carbamates (subject to hydrolysis) is 1. The molecule has 3 unspecified atom stereocenters. The number of fused-ring (bicyclic) bond motifs is 1. The van der Waals surface area contributed by atoms with Crippen molar-refractivity contribution in [2.24, 2.45) is 0 Å². The summed E-state index contributed by atoms with van der Waals surface area (Å²) in [7, 11) is 3.05. The van der Waals surface area contributed by atoms with Gasteiger partial charge < -0.3 is 33.7 Å². The highest BCUT2D eigenvalue weighted by atomic mass is 16.8. The van der Waals surface area contributed by atoms with Gasteiger partial charge in [-0.1, -0.05) is 0 Å². The fourth-order valence-electron chi connectivity index (χ4n) is 2.85. The molecule has 1 amide bonds. The van der Waals surface area contributed by atoms with Crippen LogP contribution in [0.1, 0.15) is 20.8 Å². The number of carbonyl (C=O) groups excluding carboxylic acids is 2. The second kappa shape index (κ2) is 7.22. The first-order chi connectivity index (χ1) is 11.2. The van der Waals surface area contributed by atoms with Crippen LogP contribution in [0.5, 0.6) is 0 Å². The normalized spacial score (nSPS) is 28.4. The number of hydrogen-bond donors (Lipinski definition) is 1. The van der Waals surface area contributed by atoms with E-state index < -0.39 is 41.7 Å². The van der Waals surface area contributed by atoms with Crippen LogP contribution < -0.4 is 5.32 Å². The Balaban J connectivity index is 1.86. The third-order valence-electron chi connectivity index (χ3n) is 3.70. The second-order valence-corrected chi connectivity index (χ2v) is 6.65. The number of rotatable bonds is 7. The van der Waals surface area contributed by atoms with Crippen molar-refractivity contribution in [2.75, 3.05) is 34.0 Å². The fraction of sp³-hybridized carbons (Fsp3) is 0.867. The third kappa shape index (κ3) is 4.35. The number of cyclic esters (lactones) is 1. The van der Waals surface area contributed by atoms with Gasteiger partial charge in [-0.25, -0.2) is 9.59 Å². The van der Waals surface area contributed by atoms with Gasteiger partial charge in [0.15, 0.2) is 18.0 Å². The van der Waals surface area contributed by atoms with Crippen LogP contribution in [0.15, 0.2) is 0 Å². The molecule has 0 aromatic heterocycles. The molecule has 0 bridgehead atoms. The van der Waals surface area contributed by atoms with E-state index in [9.17, 15) is 9.59 Å². The van der Waals surface area contributed by atoms with Gasteiger partial charge in [0.2, 0.25) is 0 Å². The van der Waals surface area contributed by atoms with Crippen molar-refractivity contribution in [3.05, 3.63) is 0 Å². The lowest BCUT2D eigenvalue weighted by Gasteiger charge is -2.29. The molecular formula is C15H25NO8. The number of ether oxygens (including phenoxy) is 6. The summed E-state index contributed by atoms with van der Waals surface area (Å²) >= 11 is 0. The molecule has 2 heterocycles. The topological polar surface area (TPSA) is 102 Å². The van der Waals surface area contributed by atoms with Crippen LogP contribution >= 0.6 is 0 Å². The molecule has 138 valence electrons. The summed E-state index contributed by atoms with van der Waals surface area (Å²) in [6, 6.07) is 0. The van der Waals surface area contributed by atoms with Crippen LogP contribution in [-0.4, -0.2) is 75.7 Å². The van der Waals surface area contributed by atoms with Gasteiger partial charge in [-0.3, -0.25) is 0 Å². The van der Waals surface area contributed by atoms with Crippen molar-refractivity contribution >= 4 is 12.1 Å². The Hall–Kier alpha value is -1.42. The maximum atomic E-state index is 12.0. The first-order valence-electron chi connectivity index (χ1n) is 7.69. The van der Waals surface area contributed by atoms with Gasteiger partial charge in [-0.2, -0.15) is 0 Å². The summed E-state index contributed by atoms with van der Waals surface area (Å²) in [5, 5.41) is 2.68. The zero-order valence-corrected chi connectivity index (χ0v) is 14.6. The van der Waals surface area contributed by atoms with Crippen molar-refractivity contribution < 1.29 is 38.0 Å². The Morgan fingerprint density at radius 3 is 2.46 bits per heavy atom. The molecule has 0 radical (unpaired) electrons. The van der Waals surface area contributed by atoms with Gasteiger partial charge in [0.25, 0.3) is 0 Å². The first kappa shape index (κ1) is 18.9. The maximum absolute atomic E-state index is 12.0. The van der Waals surface area contributed by atoms with Crippen molar-refractivity contribution in [1.82, 2.24) is 5.32 Å². The highest BCUT2D eigenvalue weighted by Crippen LogP contribution is 2.36. The van der Waals surface area contributed by atoms with Gasteiger partial charge in [-0.15, -0.1) is 0 Å². The molecule has 9 nitrogen and oxygen atoms in total. The number of hydrogen-bond acceptors (Lipinski definition) is 8. The Morgan fingerprint density at radius 1 is 1.25 bits per heavy atom. The molecule has 2 aliphatic heterocycles. The summed E-state index contributed by atoms with van der Waals surface area (Å²) < 4.78 is 31.6. The lowest BCUT2D eigenvalue weighted by molar-refractivity contribution is -0.188. The van der Waals surface area contributed by atoms with Crippen molar-refractivity contribution in [3.63, 3.8) is 0 Å². The standard InChI is InChI=1S/C15H25NO8/c1-14(2)23-10-9(22-12(17)11(10)24-14)6-21-13(18)16-15(3,7-19-4)8-20-5/h9-11H,6-8H2,1-5H3,(H,16,18). The van der Waals surface area contributed by atoms with Crippen LogP contribution in [0.3, 0.4) is 0 Å². The molecule has 0 spiro atoms. The van der Waals surface area contributed by atoms with E-state index in [2.05, 4.69) is 5.32 Å². The number of carbonyl (C=O) groups is 2. The summed E-state index contributed by atoms with van der Waals surface area (Å²) in [5.41, 5.74) is -0.732. The Bertz CT molecular complexity index is 474. The predicted octanol–water partition coefficient (Wildman–Crippen LogP) is 0.210. The molecule has 0 aliphatic carbocycles. The molecule has 24 heavy (non-hydrogen) atoms. The minimum Gasteiger partial charge on any atom is -0.454 e. The van der Waals surface area contributed by atoms with E-state index in [1.54, 1.807) is 20.8 Å². The van der Waals surface area contributed by atoms with Crippen molar-refractivity contribution in [2.45, 2.75) is 50.4 Å². The summed E-state index contributed by atoms with van der Waals surface area (Å²) in [5.74, 6) is -1.38. The van der Waals surface area contributed by atoms with Crippen LogP contribution in [-0.2, 0) is 33.2 Å². The van der Waals surface area contributed by atoms with Gasteiger partial charge in [0, 0.05) is 14.2 Å². The van der Waals surface area contributed by atoms with Crippen LogP contribution in [0, 0.1) is 0 Å². The third-order valence-corrected chi connectivity index (χ3v) is 3.70. The minimum absolute atomic E-state index is 0.131. The molecule has 2 fully saturated rings. The molecular weight excluding hydrogens is 322 g/mol. The average Bonchev–Trinajstić information content (AvgIpc) is 2.92. The lowest BCUT2D eigenvalue weighted by atomic mass is 10.1. The van der Waals surface area contributed by atoms with E-state index in [1.807, 2.05) is 0 Å². The van der Waals surface area contributed by atoms with Crippen molar-refractivity contribution in [1.29, 1.82) is 0 Å². The highest BCUT2D eigenvalue weighted by molar-refractivity contribution is 5.78. The van der Waals surface area contributed by atoms with Crippen molar-refractivity contribution in [3.8, 4) is 0 Å². The number of amides is 1. The quantitative estimate of drug-likeness (QED) is 0.652. The molecule has 1 N–H and O–H groups in total. The van der Waals surface area contributed by atoms with Gasteiger partial charge in [-0.05, 0) is 20.8 Å². The predicted molar refractivity (Wildman–Crippen MR) is 80.3 cm³/mol. The number of methoxy groups -OCH3 is 2. The molecule has 0 saturated carbocycles. The zero-order chi connectivity index (χ0) is 18.0. The van der Waals surface area contributed by atoms with Gasteiger partial charge in [0.05, 0.1) is 18.8 Å². The van der Waals surface area contributed by atoms with E-state index in [0.717, 1.165) is 0 Å². The Kier molecular flexibility index (Phi) is 5.69. The maximum Gasteiger partial charge on any atom is 0.407 e. The van der Waals surface area contributed by atoms with Crippen LogP contribution in [0.25, 0.3) is 0 Å². The number of nitrogens with one attached hydrogen (secondary N) is 1. The summed E-state index contributed by atoms with van der Waals surface area (Å²) in [4.78, 5) is 23.8. The smallest absolute Gasteiger partial charge is 0.407 e. The Labute approximate surface area is 140 Å². The molecule has 2 rings (SSSR count). The Morgan fingerprint density at radius 2 is 1.88 bits per heavy atom. The summed E-state index contributed by atoms with van der Waals surface area (Å²) in [6.07, 6.45) is -2.75. The number of esters is 1. The van der Waals surface area contributed by atoms with Gasteiger partial charge >= 0.3 is 12.1 Å². The average molecular weight is 347 g/mol. The first-order valence-corrected chi connectivity index (χ1v) is 7.69. The zero-order valence-electron chi connectivity index (χ0n) is 14.6. The summed E-state index contributed by atoms with van der Waals surface area (Å²) in [6.45, 7) is 5.57. The highest BCUT2D eigenvalue weighted by Gasteiger charge is 2.56. The second-order valence-electron chi connectivity index (χ2n) is 6.65. The largest absolute Gasteiger partial charge is 0.454 e. The molecule has 0 aromatic carbocycles. The van der Waals surface area contributed by atoms with E-state index in [-0.39, 0.29) is 19.8 Å². The molecule has 0 aromatic rings. The van der Waals surface area contributed by atoms with Crippen LogP contribution in [0.4, 0.5) is 4.79 Å². The lowest BCUT2D eigenvalue weighted by Crippen LogP contribution is -2.53. The SMILES string of the molecule is COCC(C)(COC)NC(=O)OCC1OC(=O)C2OC(C)(C)OC12. The molecule has 9 heteroatoms. The fourth-order valence-corrected chi connectivity index (χ4v) is 2.85. The van der Waals surface area contributed by atoms with Gasteiger partial charge in [0.1, 0.15) is 12.7 Å². The van der Waals surface area contributed by atoms with E-state index in [4.69, 9.17) is 28.4 Å². The van der Waals surface area contributed by atoms with E-state index in [0.29, 0.717) is 0 Å². The molecule has 2 aliphatic rings. The van der Waals surface area contributed by atoms with E-state index in [1.165, 1.54) is 14.2 Å².